The summed E-state index contributed by atoms with van der Waals surface area (Å²) in [6.45, 7) is 2.36. The molecule has 0 radical (unpaired) electrons. The van der Waals surface area contributed by atoms with E-state index in [4.69, 9.17) is 9.47 Å². The molecule has 3 atom stereocenters. The third-order valence-corrected chi connectivity index (χ3v) is 7.21. The lowest BCUT2D eigenvalue weighted by atomic mass is 9.93. The van der Waals surface area contributed by atoms with Crippen molar-refractivity contribution in [3.8, 4) is 5.75 Å². The first-order valence-electron chi connectivity index (χ1n) is 11.4. The number of halogens is 1. The van der Waals surface area contributed by atoms with Crippen LogP contribution in [0.4, 0.5) is 0 Å². The number of nitrogens with one attached hydrogen (secondary N) is 1. The minimum atomic E-state index is -0.756. The monoisotopic (exact) mass is 528 g/mol. The second-order valence-electron chi connectivity index (χ2n) is 8.94. The van der Waals surface area contributed by atoms with E-state index in [9.17, 15) is 14.4 Å². The summed E-state index contributed by atoms with van der Waals surface area (Å²) in [4.78, 5) is 41.2. The van der Waals surface area contributed by atoms with Gasteiger partial charge in [0.1, 0.15) is 11.8 Å². The molecule has 1 N–H and O–H groups in total. The van der Waals surface area contributed by atoms with Crippen molar-refractivity contribution < 1.29 is 23.9 Å². The summed E-state index contributed by atoms with van der Waals surface area (Å²) >= 11 is 3.50. The molecule has 2 aromatic carbocycles. The number of carbonyl (C=O) groups is 3. The summed E-state index contributed by atoms with van der Waals surface area (Å²) in [6, 6.07) is 12.0. The molecule has 34 heavy (non-hydrogen) atoms. The highest BCUT2D eigenvalue weighted by Crippen LogP contribution is 2.46. The molecule has 2 aromatic rings. The summed E-state index contributed by atoms with van der Waals surface area (Å²) < 4.78 is 11.1. The van der Waals surface area contributed by atoms with Crippen LogP contribution in [0.2, 0.25) is 0 Å². The number of hydrogen-bond donors (Lipinski definition) is 1. The molecule has 1 saturated heterocycles. The lowest BCUT2D eigenvalue weighted by molar-refractivity contribution is -0.147. The van der Waals surface area contributed by atoms with Gasteiger partial charge in [0.2, 0.25) is 11.8 Å². The van der Waals surface area contributed by atoms with Crippen molar-refractivity contribution in [1.29, 1.82) is 0 Å². The zero-order valence-corrected chi connectivity index (χ0v) is 21.1. The lowest BCUT2D eigenvalue weighted by Gasteiger charge is -2.31. The fourth-order valence-electron chi connectivity index (χ4n) is 4.58. The van der Waals surface area contributed by atoms with Crippen molar-refractivity contribution in [3.05, 3.63) is 63.6 Å². The van der Waals surface area contributed by atoms with Gasteiger partial charge in [-0.1, -0.05) is 35.9 Å². The third-order valence-electron chi connectivity index (χ3n) is 6.59. The van der Waals surface area contributed by atoms with Crippen LogP contribution in [0.3, 0.4) is 0 Å². The van der Waals surface area contributed by atoms with E-state index in [-0.39, 0.29) is 24.2 Å². The molecule has 1 saturated carbocycles. The first-order valence-corrected chi connectivity index (χ1v) is 12.2. The molecule has 7 nitrogen and oxygen atoms in total. The van der Waals surface area contributed by atoms with E-state index < -0.39 is 24.0 Å². The predicted molar refractivity (Wildman–Crippen MR) is 130 cm³/mol. The maximum atomic E-state index is 13.4. The molecule has 2 aliphatic rings. The standard InChI is InChI=1S/C26H29BrN2O5/c1-15-4-6-16(7-5-15)14-28-24(30)21-13-19(26(32)34-3)23(29(21)25(31)17-8-9-17)18-10-11-22(33-2)20(27)12-18/h4-7,10-12,17,19,21,23H,8-9,13-14H2,1-3H3,(H,28,30). The van der Waals surface area contributed by atoms with Crippen LogP contribution in [-0.4, -0.2) is 42.9 Å². The van der Waals surface area contributed by atoms with Crippen LogP contribution >= 0.6 is 15.9 Å². The van der Waals surface area contributed by atoms with Crippen molar-refractivity contribution >= 4 is 33.7 Å². The number of rotatable bonds is 7. The molecule has 1 aliphatic heterocycles. The van der Waals surface area contributed by atoms with E-state index in [2.05, 4.69) is 21.2 Å². The van der Waals surface area contributed by atoms with Crippen LogP contribution in [0.25, 0.3) is 0 Å². The summed E-state index contributed by atoms with van der Waals surface area (Å²) in [7, 11) is 2.91. The van der Waals surface area contributed by atoms with E-state index in [0.29, 0.717) is 16.8 Å². The molecule has 3 unspecified atom stereocenters. The fourth-order valence-corrected chi connectivity index (χ4v) is 5.14. The number of ether oxygens (including phenoxy) is 2. The summed E-state index contributed by atoms with van der Waals surface area (Å²) in [5.41, 5.74) is 2.87. The van der Waals surface area contributed by atoms with Crippen molar-refractivity contribution in [2.45, 2.75) is 44.8 Å². The van der Waals surface area contributed by atoms with Crippen LogP contribution in [0, 0.1) is 18.8 Å². The van der Waals surface area contributed by atoms with Crippen molar-refractivity contribution in [3.63, 3.8) is 0 Å². The van der Waals surface area contributed by atoms with Gasteiger partial charge in [-0.2, -0.15) is 0 Å². The molecule has 2 amide bonds. The quantitative estimate of drug-likeness (QED) is 0.550. The second kappa shape index (κ2) is 10.2. The van der Waals surface area contributed by atoms with E-state index in [1.807, 2.05) is 43.3 Å². The minimum Gasteiger partial charge on any atom is -0.496 e. The number of carbonyl (C=O) groups excluding carboxylic acids is 3. The number of amides is 2. The average Bonchev–Trinajstić information content (AvgIpc) is 3.61. The highest BCUT2D eigenvalue weighted by atomic mass is 79.9. The number of esters is 1. The smallest absolute Gasteiger partial charge is 0.311 e. The molecule has 1 heterocycles. The Hall–Kier alpha value is -2.87. The zero-order chi connectivity index (χ0) is 24.4. The lowest BCUT2D eigenvalue weighted by Crippen LogP contribution is -2.47. The Balaban J connectivity index is 1.65. The van der Waals surface area contributed by atoms with Crippen LogP contribution < -0.4 is 10.1 Å². The molecule has 0 aromatic heterocycles. The Morgan fingerprint density at radius 2 is 1.79 bits per heavy atom. The van der Waals surface area contributed by atoms with Gasteiger partial charge in [-0.15, -0.1) is 0 Å². The van der Waals surface area contributed by atoms with Crippen molar-refractivity contribution in [2.75, 3.05) is 14.2 Å². The minimum absolute atomic E-state index is 0.0844. The summed E-state index contributed by atoms with van der Waals surface area (Å²) in [5, 5.41) is 2.97. The number of likely N-dealkylation sites (tertiary alicyclic amines) is 1. The van der Waals surface area contributed by atoms with Gasteiger partial charge in [0.15, 0.2) is 0 Å². The molecule has 0 bridgehead atoms. The molecule has 0 spiro atoms. The SMILES string of the molecule is COC(=O)C1CC(C(=O)NCc2ccc(C)cc2)N(C(=O)C2CC2)C1c1ccc(OC)c(Br)c1. The third kappa shape index (κ3) is 4.97. The topological polar surface area (TPSA) is 84.9 Å². The molecule has 8 heteroatoms. The first kappa shape index (κ1) is 24.3. The first-order chi connectivity index (χ1) is 16.3. The van der Waals surface area contributed by atoms with Gasteiger partial charge in [-0.05, 0) is 65.4 Å². The van der Waals surface area contributed by atoms with Gasteiger partial charge in [0.25, 0.3) is 0 Å². The number of nitrogens with zero attached hydrogens (tertiary/aromatic N) is 1. The highest BCUT2D eigenvalue weighted by molar-refractivity contribution is 9.10. The summed E-state index contributed by atoms with van der Waals surface area (Å²) in [6.07, 6.45) is 1.81. The van der Waals surface area contributed by atoms with E-state index in [0.717, 1.165) is 29.5 Å². The number of hydrogen-bond acceptors (Lipinski definition) is 5. The Morgan fingerprint density at radius 1 is 1.09 bits per heavy atom. The Kier molecular flexibility index (Phi) is 7.26. The van der Waals surface area contributed by atoms with Crippen LogP contribution in [0.15, 0.2) is 46.9 Å². The largest absolute Gasteiger partial charge is 0.496 e. The Bertz CT molecular complexity index is 1080. The van der Waals surface area contributed by atoms with Crippen LogP contribution in [0.5, 0.6) is 5.75 Å². The number of methoxy groups -OCH3 is 2. The van der Waals surface area contributed by atoms with E-state index in [1.54, 1.807) is 18.1 Å². The zero-order valence-electron chi connectivity index (χ0n) is 19.5. The molecule has 1 aliphatic carbocycles. The van der Waals surface area contributed by atoms with Crippen molar-refractivity contribution in [1.82, 2.24) is 10.2 Å². The Morgan fingerprint density at radius 3 is 2.38 bits per heavy atom. The molecule has 4 rings (SSSR count). The van der Waals surface area contributed by atoms with Gasteiger partial charge >= 0.3 is 5.97 Å². The fraction of sp³-hybridized carbons (Fsp3) is 0.423. The van der Waals surface area contributed by atoms with Crippen LogP contribution in [-0.2, 0) is 25.7 Å². The molecule has 180 valence electrons. The predicted octanol–water partition coefficient (Wildman–Crippen LogP) is 3.92. The second-order valence-corrected chi connectivity index (χ2v) is 9.80. The molecular weight excluding hydrogens is 500 g/mol. The molecular formula is C26H29BrN2O5. The number of aryl methyl sites for hydroxylation is 1. The normalized spacial score (nSPS) is 21.8. The van der Waals surface area contributed by atoms with Gasteiger partial charge in [-0.3, -0.25) is 14.4 Å². The molecule has 2 fully saturated rings. The highest BCUT2D eigenvalue weighted by Gasteiger charge is 2.53. The van der Waals surface area contributed by atoms with Gasteiger partial charge in [0, 0.05) is 12.5 Å². The number of benzene rings is 2. The van der Waals surface area contributed by atoms with Gasteiger partial charge in [0.05, 0.1) is 30.7 Å². The summed E-state index contributed by atoms with van der Waals surface area (Å²) in [5.74, 6) is -0.892. The van der Waals surface area contributed by atoms with E-state index >= 15 is 0 Å². The maximum absolute atomic E-state index is 13.4. The van der Waals surface area contributed by atoms with E-state index in [1.165, 1.54) is 7.11 Å². The Labute approximate surface area is 207 Å². The average molecular weight is 529 g/mol. The van der Waals surface area contributed by atoms with Crippen molar-refractivity contribution in [2.24, 2.45) is 11.8 Å². The maximum Gasteiger partial charge on any atom is 0.311 e. The van der Waals surface area contributed by atoms with Gasteiger partial charge < -0.3 is 19.7 Å². The van der Waals surface area contributed by atoms with Crippen LogP contribution in [0.1, 0.15) is 42.0 Å². The van der Waals surface area contributed by atoms with Gasteiger partial charge in [-0.25, -0.2) is 0 Å².